The highest BCUT2D eigenvalue weighted by Gasteiger charge is 2.54. The number of quaternary nitrogens is 6. The average Bonchev–Trinajstić information content (AvgIpc) is 1.68. The maximum absolute atomic E-state index is 2.55. The molecule has 12 fully saturated rings. The van der Waals surface area contributed by atoms with Crippen molar-refractivity contribution >= 4 is 0 Å². The molecule has 12 saturated heterocycles. The van der Waals surface area contributed by atoms with Crippen molar-refractivity contribution in [3.05, 3.63) is 44.6 Å². The van der Waals surface area contributed by atoms with Crippen molar-refractivity contribution in [2.24, 2.45) is 107 Å². The Kier molecular flexibility index (Phi) is 44.5. The molecule has 29 atom stereocenters. The lowest BCUT2D eigenvalue weighted by Crippen LogP contribution is -2.64. The molecule has 6 spiro atoms. The van der Waals surface area contributed by atoms with E-state index >= 15 is 0 Å². The summed E-state index contributed by atoms with van der Waals surface area (Å²) in [6, 6.07) is 9.63. The van der Waals surface area contributed by atoms with Crippen LogP contribution in [0.4, 0.5) is 0 Å². The molecule has 0 aromatic heterocycles. The minimum absolute atomic E-state index is 0. The summed E-state index contributed by atoms with van der Waals surface area (Å²) in [4.78, 5) is 0. The summed E-state index contributed by atoms with van der Waals surface area (Å²) in [6.07, 6.45) is 35.1. The third kappa shape index (κ3) is 22.7. The third-order valence-corrected chi connectivity index (χ3v) is 38.7. The second-order valence-corrected chi connectivity index (χ2v) is 42.4. The molecule has 107 heavy (non-hydrogen) atoms. The Balaban J connectivity index is 0.000000635. The summed E-state index contributed by atoms with van der Waals surface area (Å²) in [6.45, 7) is 91.7. The van der Waals surface area contributed by atoms with Gasteiger partial charge in [-0.05, 0) is 264 Å². The lowest BCUT2D eigenvalue weighted by atomic mass is 9.77. The second kappa shape index (κ2) is 45.5. The van der Waals surface area contributed by atoms with Gasteiger partial charge in [0.05, 0.1) is 152 Å². The summed E-state index contributed by atoms with van der Waals surface area (Å²) < 4.78 is 8.65. The monoisotopic (exact) mass is 1510 g/mol. The highest BCUT2D eigenvalue weighted by Crippen LogP contribution is 2.48. The Morgan fingerprint density at radius 3 is 0.766 bits per heavy atom. The molecule has 12 rings (SSSR count). The zero-order valence-electron chi connectivity index (χ0n) is 80.6. The topological polar surface area (TPSA) is 0 Å². The van der Waals surface area contributed by atoms with E-state index in [0.29, 0.717) is 0 Å². The van der Waals surface area contributed by atoms with Gasteiger partial charge in [-0.3, -0.25) is 0 Å². The maximum atomic E-state index is 2.55. The number of rotatable bonds is 0. The smallest absolute Gasteiger partial charge is 0.0892 e. The summed E-state index contributed by atoms with van der Waals surface area (Å²) >= 11 is 0. The highest BCUT2D eigenvalue weighted by atomic mass is 15.4. The Labute approximate surface area is 680 Å². The lowest BCUT2D eigenvalue weighted by Gasteiger charge is -2.52. The molecular formula is C101H208N6. The predicted molar refractivity (Wildman–Crippen MR) is 483 cm³/mol. The van der Waals surface area contributed by atoms with Crippen LogP contribution in [-0.2, 0) is 0 Å². The summed E-state index contributed by atoms with van der Waals surface area (Å²) in [5.41, 5.74) is 0. The van der Waals surface area contributed by atoms with Crippen LogP contribution in [0.1, 0.15) is 355 Å². The summed E-state index contributed by atoms with van der Waals surface area (Å²) in [5.74, 6) is 16.1. The quantitative estimate of drug-likeness (QED) is 0.168. The van der Waals surface area contributed by atoms with E-state index in [4.69, 9.17) is 0 Å². The Morgan fingerprint density at radius 1 is 0.159 bits per heavy atom. The van der Waals surface area contributed by atoms with E-state index in [0.717, 1.165) is 173 Å². The van der Waals surface area contributed by atoms with E-state index in [2.05, 4.69) is 201 Å². The van der Waals surface area contributed by atoms with Crippen molar-refractivity contribution in [3.63, 3.8) is 0 Å². The van der Waals surface area contributed by atoms with Crippen molar-refractivity contribution < 1.29 is 26.9 Å². The molecule has 29 unspecified atom stereocenters. The third-order valence-electron chi connectivity index (χ3n) is 38.7. The number of piperidine rings is 6. The Bertz CT molecular complexity index is 2270. The van der Waals surface area contributed by atoms with Crippen LogP contribution in [0.25, 0.3) is 0 Å². The fourth-order valence-corrected chi connectivity index (χ4v) is 27.8. The standard InChI is InChI=1S/C17H34N.3C16H32N.2C15H30N.6CH3/c1-12-13(2)15(4)17(6)18(16(5)14(12)3)10-8-7-9-11-18;1-12-11-17(9-7-6-8-10-17)16(5)15(4)14(3)13(12)2;1-12-11-13(2)17(9-7-6-8-10-17)16(5)15(4)14(12)3;1-12-11-13(2)15(4)17(16(5)14(12)3)9-7-6-8-10-17;1-12-8-9-13(2)15(4)16(14(12)3)10-6-5-7-11-16;1-12-10-14(3)16(8-6-5-7-9-16)15(4)11-13(12)2;;;;;;/h12-17H,7-11H2,1-6H3;3*12-16H,6-11H2,1-5H3;2*12-15H,5-11H2,1-4H3;6*1H3/q6*+1;6*-1. The molecule has 642 valence electrons. The molecule has 12 aliphatic heterocycles. The molecule has 6 heteroatoms. The first kappa shape index (κ1) is 105. The zero-order chi connectivity index (χ0) is 74.9. The SMILES string of the molecule is CC1C(C)C(C)C(C)[N+]2(CCCCC2)C(C)C1C.CC1CC(C)C(C)[N+]2(CCCCC2)C(C)C1C.CC1CC(C)[N+]2(CCCCC2)C(C)C(C)C1C.CC1CC(C)[N+]2(CCCCC2)C(C)CC1C.CC1CCC(C)C(C)[N+]2(CCCCC2)C1C.CC1C[N+]2(CCCCC2)C(C)C(C)C(C)C1C.[CH3-].[CH3-].[CH3-].[CH3-].[CH3-].[CH3-]. The minimum Gasteiger partial charge on any atom is -0.358 e. The highest BCUT2D eigenvalue weighted by molar-refractivity contribution is 4.89. The minimum atomic E-state index is 0. The molecule has 0 aromatic carbocycles. The van der Waals surface area contributed by atoms with Gasteiger partial charge in [-0.15, -0.1) is 0 Å². The van der Waals surface area contributed by atoms with E-state index in [-0.39, 0.29) is 44.6 Å². The van der Waals surface area contributed by atoms with Crippen LogP contribution in [0.2, 0.25) is 0 Å². The summed E-state index contributed by atoms with van der Waals surface area (Å²) in [5, 5.41) is 0. The molecule has 6 nitrogen and oxygen atoms in total. The van der Waals surface area contributed by atoms with Crippen LogP contribution in [0.15, 0.2) is 0 Å². The normalized spacial score (nSPS) is 43.8. The van der Waals surface area contributed by atoms with Crippen molar-refractivity contribution in [1.82, 2.24) is 0 Å². The predicted octanol–water partition coefficient (Wildman–Crippen LogP) is 26.8. The van der Waals surface area contributed by atoms with E-state index in [1.807, 2.05) is 0 Å². The molecule has 0 radical (unpaired) electrons. The molecule has 12 heterocycles. The zero-order valence-corrected chi connectivity index (χ0v) is 80.6. The molecule has 0 saturated carbocycles. The molecule has 0 amide bonds. The van der Waals surface area contributed by atoms with Crippen molar-refractivity contribution in [1.29, 1.82) is 0 Å². The van der Waals surface area contributed by atoms with Gasteiger partial charge in [0.1, 0.15) is 0 Å². The van der Waals surface area contributed by atoms with Gasteiger partial charge in [0.2, 0.25) is 0 Å². The largest absolute Gasteiger partial charge is 0.358 e. The van der Waals surface area contributed by atoms with E-state index in [1.54, 1.807) is 0 Å². The molecule has 0 N–H and O–H groups in total. The fraction of sp³-hybridized carbons (Fsp3) is 0.941. The van der Waals surface area contributed by atoms with Gasteiger partial charge in [-0.1, -0.05) is 125 Å². The fourth-order valence-electron chi connectivity index (χ4n) is 27.8. The van der Waals surface area contributed by atoms with Crippen LogP contribution < -0.4 is 0 Å². The molecule has 0 aliphatic carbocycles. The van der Waals surface area contributed by atoms with E-state index in [9.17, 15) is 0 Å². The van der Waals surface area contributed by atoms with Gasteiger partial charge in [0.15, 0.2) is 0 Å². The van der Waals surface area contributed by atoms with Gasteiger partial charge in [-0.25, -0.2) is 0 Å². The maximum Gasteiger partial charge on any atom is 0.0892 e. The lowest BCUT2D eigenvalue weighted by molar-refractivity contribution is -0.979. The van der Waals surface area contributed by atoms with E-state index < -0.39 is 0 Å². The van der Waals surface area contributed by atoms with Crippen LogP contribution in [0.5, 0.6) is 0 Å². The van der Waals surface area contributed by atoms with Crippen molar-refractivity contribution in [2.75, 3.05) is 85.1 Å². The van der Waals surface area contributed by atoms with Gasteiger partial charge in [0.25, 0.3) is 0 Å². The number of hydrogen-bond acceptors (Lipinski definition) is 0. The van der Waals surface area contributed by atoms with Crippen LogP contribution in [-0.4, -0.2) is 178 Å². The summed E-state index contributed by atoms with van der Waals surface area (Å²) in [7, 11) is 0. The van der Waals surface area contributed by atoms with Crippen LogP contribution in [0.3, 0.4) is 0 Å². The first-order valence-corrected chi connectivity index (χ1v) is 46.7. The van der Waals surface area contributed by atoms with Crippen LogP contribution in [0, 0.1) is 151 Å². The first-order valence-electron chi connectivity index (χ1n) is 46.7. The average molecular weight is 1510 g/mol. The Hall–Kier alpha value is -0.240. The molecule has 0 aromatic rings. The molecule has 12 aliphatic rings. The van der Waals surface area contributed by atoms with Crippen molar-refractivity contribution in [3.8, 4) is 0 Å². The second-order valence-electron chi connectivity index (χ2n) is 42.4. The van der Waals surface area contributed by atoms with Crippen molar-refractivity contribution in [2.45, 2.75) is 421 Å². The van der Waals surface area contributed by atoms with Crippen LogP contribution >= 0.6 is 0 Å². The first-order chi connectivity index (χ1) is 47.5. The van der Waals surface area contributed by atoms with E-state index in [1.165, 1.54) is 266 Å². The molecular weight excluding hydrogens is 1300 g/mol. The van der Waals surface area contributed by atoms with Gasteiger partial charge >= 0.3 is 0 Å². The number of nitrogens with zero attached hydrogens (tertiary/aromatic N) is 6. The molecule has 0 bridgehead atoms. The van der Waals surface area contributed by atoms with Gasteiger partial charge in [-0.2, -0.15) is 0 Å². The number of hydrogen-bond donors (Lipinski definition) is 0. The van der Waals surface area contributed by atoms with Gasteiger partial charge in [0, 0.05) is 72.5 Å². The van der Waals surface area contributed by atoms with Gasteiger partial charge < -0.3 is 71.5 Å². The Morgan fingerprint density at radius 2 is 0.393 bits per heavy atom.